The zero-order valence-corrected chi connectivity index (χ0v) is 13.8. The summed E-state index contributed by atoms with van der Waals surface area (Å²) in [6.45, 7) is 0. The molecule has 0 atom stereocenters. The Hall–Kier alpha value is -1.64. The summed E-state index contributed by atoms with van der Waals surface area (Å²) < 4.78 is 24.9. The maximum absolute atomic E-state index is 12.4. The average Bonchev–Trinajstić information content (AvgIpc) is 2.75. The van der Waals surface area contributed by atoms with Crippen molar-refractivity contribution in [3.8, 4) is 0 Å². The third kappa shape index (κ3) is 3.34. The van der Waals surface area contributed by atoms with Gasteiger partial charge in [-0.2, -0.15) is 0 Å². The molecule has 0 saturated carbocycles. The van der Waals surface area contributed by atoms with Crippen molar-refractivity contribution in [2.45, 2.75) is 4.90 Å². The lowest BCUT2D eigenvalue weighted by Gasteiger charge is -2.17. The standard InChI is InChI=1S/C13H14BrN3O3S/c1-16-8-9(14)7-12(16)13(18)17(2)10-3-5-11(6-4-10)21(15,19)20/h3-8H,1-2H3,(H2,15,19,20). The van der Waals surface area contributed by atoms with Crippen LogP contribution in [0.15, 0.2) is 45.9 Å². The van der Waals surface area contributed by atoms with Gasteiger partial charge < -0.3 is 9.47 Å². The minimum absolute atomic E-state index is 0.00806. The normalized spacial score (nSPS) is 11.4. The molecule has 2 rings (SSSR count). The molecule has 2 aromatic rings. The van der Waals surface area contributed by atoms with Gasteiger partial charge in [0.15, 0.2) is 0 Å². The first-order valence-electron chi connectivity index (χ1n) is 5.93. The molecule has 1 aromatic heterocycles. The Balaban J connectivity index is 2.30. The highest BCUT2D eigenvalue weighted by atomic mass is 79.9. The van der Waals surface area contributed by atoms with Crippen LogP contribution in [0, 0.1) is 0 Å². The van der Waals surface area contributed by atoms with E-state index in [-0.39, 0.29) is 10.8 Å². The third-order valence-corrected chi connectivity index (χ3v) is 4.41. The molecular formula is C13H14BrN3O3S. The number of rotatable bonds is 3. The largest absolute Gasteiger partial charge is 0.345 e. The van der Waals surface area contributed by atoms with Crippen molar-refractivity contribution in [3.05, 3.63) is 46.7 Å². The van der Waals surface area contributed by atoms with E-state index in [0.29, 0.717) is 11.4 Å². The molecule has 0 spiro atoms. The van der Waals surface area contributed by atoms with Crippen LogP contribution in [0.3, 0.4) is 0 Å². The van der Waals surface area contributed by atoms with Crippen molar-refractivity contribution in [2.24, 2.45) is 12.2 Å². The number of anilines is 1. The maximum Gasteiger partial charge on any atom is 0.274 e. The summed E-state index contributed by atoms with van der Waals surface area (Å²) in [5.74, 6) is -0.202. The molecule has 1 aromatic carbocycles. The van der Waals surface area contributed by atoms with Crippen LogP contribution in [0.5, 0.6) is 0 Å². The SMILES string of the molecule is CN(C(=O)c1cc(Br)cn1C)c1ccc(S(N)(=O)=O)cc1. The number of nitrogens with zero attached hydrogens (tertiary/aromatic N) is 2. The number of nitrogens with two attached hydrogens (primary N) is 1. The van der Waals surface area contributed by atoms with Crippen LogP contribution in [-0.2, 0) is 17.1 Å². The lowest BCUT2D eigenvalue weighted by molar-refractivity contribution is 0.0985. The van der Waals surface area contributed by atoms with Gasteiger partial charge in [-0.1, -0.05) is 0 Å². The fourth-order valence-electron chi connectivity index (χ4n) is 1.89. The smallest absolute Gasteiger partial charge is 0.274 e. The van der Waals surface area contributed by atoms with Crippen molar-refractivity contribution in [1.82, 2.24) is 4.57 Å². The Bertz CT molecular complexity index is 781. The van der Waals surface area contributed by atoms with E-state index in [1.807, 2.05) is 0 Å². The van der Waals surface area contributed by atoms with Gasteiger partial charge in [0.2, 0.25) is 10.0 Å². The van der Waals surface area contributed by atoms with Gasteiger partial charge in [-0.3, -0.25) is 4.79 Å². The second-order valence-corrected chi connectivity index (χ2v) is 7.03. The molecule has 0 aliphatic carbocycles. The lowest BCUT2D eigenvalue weighted by Crippen LogP contribution is -2.28. The van der Waals surface area contributed by atoms with Crippen molar-refractivity contribution in [3.63, 3.8) is 0 Å². The highest BCUT2D eigenvalue weighted by Crippen LogP contribution is 2.20. The number of sulfonamides is 1. The average molecular weight is 372 g/mol. The van der Waals surface area contributed by atoms with Crippen LogP contribution in [0.4, 0.5) is 5.69 Å². The van der Waals surface area contributed by atoms with Gasteiger partial charge >= 0.3 is 0 Å². The van der Waals surface area contributed by atoms with Crippen LogP contribution in [-0.4, -0.2) is 25.9 Å². The Kier molecular flexibility index (Phi) is 4.22. The molecule has 0 bridgehead atoms. The highest BCUT2D eigenvalue weighted by molar-refractivity contribution is 9.10. The minimum Gasteiger partial charge on any atom is -0.345 e. The van der Waals surface area contributed by atoms with Crippen molar-refractivity contribution in [2.75, 3.05) is 11.9 Å². The quantitative estimate of drug-likeness (QED) is 0.890. The number of aromatic nitrogens is 1. The van der Waals surface area contributed by atoms with Crippen molar-refractivity contribution >= 4 is 37.5 Å². The molecular weight excluding hydrogens is 358 g/mol. The first-order valence-corrected chi connectivity index (χ1v) is 8.27. The monoisotopic (exact) mass is 371 g/mol. The summed E-state index contributed by atoms with van der Waals surface area (Å²) in [5.41, 5.74) is 1.09. The number of carbonyl (C=O) groups excluding carboxylic acids is 1. The predicted molar refractivity (Wildman–Crippen MR) is 83.7 cm³/mol. The molecule has 6 nitrogen and oxygen atoms in total. The van der Waals surface area contributed by atoms with Crippen LogP contribution in [0.25, 0.3) is 0 Å². The van der Waals surface area contributed by atoms with Gasteiger partial charge in [0.25, 0.3) is 5.91 Å². The summed E-state index contributed by atoms with van der Waals surface area (Å²) in [7, 11) is -0.341. The number of hydrogen-bond acceptors (Lipinski definition) is 3. The number of halogens is 1. The molecule has 0 fully saturated rings. The van der Waals surface area contributed by atoms with Gasteiger partial charge in [0.1, 0.15) is 5.69 Å². The molecule has 0 aliphatic rings. The van der Waals surface area contributed by atoms with E-state index in [9.17, 15) is 13.2 Å². The molecule has 112 valence electrons. The number of primary sulfonamides is 1. The molecule has 2 N–H and O–H groups in total. The van der Waals surface area contributed by atoms with E-state index in [1.165, 1.54) is 29.2 Å². The minimum atomic E-state index is -3.73. The molecule has 1 heterocycles. The summed E-state index contributed by atoms with van der Waals surface area (Å²) in [6, 6.07) is 7.54. The van der Waals surface area contributed by atoms with E-state index in [4.69, 9.17) is 5.14 Å². The molecule has 0 aliphatic heterocycles. The molecule has 1 amide bonds. The topological polar surface area (TPSA) is 85.4 Å². The second kappa shape index (κ2) is 5.63. The van der Waals surface area contributed by atoms with Crippen molar-refractivity contribution < 1.29 is 13.2 Å². The Labute approximate surface area is 131 Å². The summed E-state index contributed by atoms with van der Waals surface area (Å²) >= 11 is 3.32. The summed E-state index contributed by atoms with van der Waals surface area (Å²) in [4.78, 5) is 13.8. The predicted octanol–water partition coefficient (Wildman–Crippen LogP) is 1.71. The zero-order chi connectivity index (χ0) is 15.8. The Morgan fingerprint density at radius 1 is 1.29 bits per heavy atom. The molecule has 8 heteroatoms. The number of carbonyl (C=O) groups is 1. The highest BCUT2D eigenvalue weighted by Gasteiger charge is 2.17. The van der Waals surface area contributed by atoms with E-state index in [2.05, 4.69) is 15.9 Å². The van der Waals surface area contributed by atoms with Crippen molar-refractivity contribution in [1.29, 1.82) is 0 Å². The van der Waals surface area contributed by atoms with Gasteiger partial charge in [0, 0.05) is 30.5 Å². The fraction of sp³-hybridized carbons (Fsp3) is 0.154. The number of hydrogen-bond donors (Lipinski definition) is 1. The summed E-state index contributed by atoms with van der Waals surface area (Å²) in [5, 5.41) is 5.04. The van der Waals surface area contributed by atoms with E-state index in [0.717, 1.165) is 4.47 Å². The second-order valence-electron chi connectivity index (χ2n) is 4.56. The zero-order valence-electron chi connectivity index (χ0n) is 11.4. The van der Waals surface area contributed by atoms with Gasteiger partial charge in [0.05, 0.1) is 4.90 Å². The first kappa shape index (κ1) is 15.7. The van der Waals surface area contributed by atoms with E-state index < -0.39 is 10.0 Å². The van der Waals surface area contributed by atoms with Crippen LogP contribution >= 0.6 is 15.9 Å². The van der Waals surface area contributed by atoms with E-state index in [1.54, 1.807) is 30.9 Å². The first-order chi connectivity index (χ1) is 9.70. The van der Waals surface area contributed by atoms with Gasteiger partial charge in [-0.05, 0) is 46.3 Å². The van der Waals surface area contributed by atoms with Gasteiger partial charge in [-0.25, -0.2) is 13.6 Å². The van der Waals surface area contributed by atoms with Crippen LogP contribution in [0.1, 0.15) is 10.5 Å². The molecule has 0 saturated heterocycles. The third-order valence-electron chi connectivity index (χ3n) is 3.05. The molecule has 0 radical (unpaired) electrons. The van der Waals surface area contributed by atoms with Gasteiger partial charge in [-0.15, -0.1) is 0 Å². The molecule has 21 heavy (non-hydrogen) atoms. The lowest BCUT2D eigenvalue weighted by atomic mass is 10.2. The molecule has 0 unspecified atom stereocenters. The fourth-order valence-corrected chi connectivity index (χ4v) is 2.92. The Morgan fingerprint density at radius 2 is 1.86 bits per heavy atom. The Morgan fingerprint density at radius 3 is 2.29 bits per heavy atom. The van der Waals surface area contributed by atoms with Crippen LogP contribution < -0.4 is 10.0 Å². The number of aryl methyl sites for hydroxylation is 1. The summed E-state index contributed by atoms with van der Waals surface area (Å²) in [6.07, 6.45) is 1.78. The number of amides is 1. The number of benzene rings is 1. The van der Waals surface area contributed by atoms with E-state index >= 15 is 0 Å². The maximum atomic E-state index is 12.4. The van der Waals surface area contributed by atoms with Crippen LogP contribution in [0.2, 0.25) is 0 Å².